The maximum absolute atomic E-state index is 5.46. The minimum atomic E-state index is 0.168. The molecule has 0 spiro atoms. The highest BCUT2D eigenvalue weighted by atomic mass is 32.1. The van der Waals surface area contributed by atoms with Crippen molar-refractivity contribution in [3.05, 3.63) is 65.2 Å². The second-order valence-corrected chi connectivity index (χ2v) is 7.48. The van der Waals surface area contributed by atoms with Crippen molar-refractivity contribution in [1.82, 2.24) is 5.32 Å². The molecule has 0 aliphatic heterocycles. The van der Waals surface area contributed by atoms with E-state index in [4.69, 9.17) is 12.2 Å². The van der Waals surface area contributed by atoms with Crippen LogP contribution in [-0.4, -0.2) is 5.11 Å². The van der Waals surface area contributed by atoms with Gasteiger partial charge in [0.1, 0.15) is 0 Å². The smallest absolute Gasteiger partial charge is 0.171 e. The number of hydrogen-bond acceptors (Lipinski definition) is 1. The summed E-state index contributed by atoms with van der Waals surface area (Å²) < 4.78 is 0. The molecule has 2 aromatic carbocycles. The monoisotopic (exact) mass is 354 g/mol. The molecular weight excluding hydrogens is 324 g/mol. The van der Waals surface area contributed by atoms with Gasteiger partial charge >= 0.3 is 0 Å². The van der Waals surface area contributed by atoms with Crippen LogP contribution in [0, 0.1) is 0 Å². The number of nitrogens with one attached hydrogen (secondary N) is 2. The summed E-state index contributed by atoms with van der Waals surface area (Å²) in [6.45, 7) is 11.0. The zero-order valence-corrected chi connectivity index (χ0v) is 16.8. The van der Waals surface area contributed by atoms with Gasteiger partial charge in [-0.3, -0.25) is 0 Å². The average Bonchev–Trinajstić information content (AvgIpc) is 2.61. The second-order valence-electron chi connectivity index (χ2n) is 7.07. The Labute approximate surface area is 158 Å². The highest BCUT2D eigenvalue weighted by Crippen LogP contribution is 2.21. The van der Waals surface area contributed by atoms with Crippen molar-refractivity contribution < 1.29 is 0 Å². The Bertz CT molecular complexity index is 674. The molecule has 3 heteroatoms. The zero-order valence-electron chi connectivity index (χ0n) is 16.0. The van der Waals surface area contributed by atoms with Crippen molar-refractivity contribution in [2.75, 3.05) is 5.32 Å². The highest BCUT2D eigenvalue weighted by Gasteiger charge is 2.09. The molecule has 2 N–H and O–H groups in total. The molecule has 25 heavy (non-hydrogen) atoms. The van der Waals surface area contributed by atoms with E-state index in [1.807, 2.05) is 0 Å². The molecule has 0 saturated carbocycles. The van der Waals surface area contributed by atoms with Gasteiger partial charge in [-0.1, -0.05) is 64.1 Å². The van der Waals surface area contributed by atoms with E-state index in [2.05, 4.69) is 93.8 Å². The summed E-state index contributed by atoms with van der Waals surface area (Å²) >= 11 is 5.46. The minimum absolute atomic E-state index is 0.168. The summed E-state index contributed by atoms with van der Waals surface area (Å²) in [5.74, 6) is 1.14. The van der Waals surface area contributed by atoms with Gasteiger partial charge in [-0.05, 0) is 66.2 Å². The molecule has 2 atom stereocenters. The third kappa shape index (κ3) is 5.57. The summed E-state index contributed by atoms with van der Waals surface area (Å²) in [6.07, 6.45) is 1.16. The summed E-state index contributed by atoms with van der Waals surface area (Å²) in [4.78, 5) is 0. The van der Waals surface area contributed by atoms with Crippen LogP contribution in [-0.2, 0) is 0 Å². The van der Waals surface area contributed by atoms with Crippen molar-refractivity contribution in [1.29, 1.82) is 0 Å². The third-order valence-electron chi connectivity index (χ3n) is 4.80. The number of benzene rings is 2. The fraction of sp³-hybridized carbons (Fsp3) is 0.409. The molecule has 0 bridgehead atoms. The number of rotatable bonds is 6. The Hall–Kier alpha value is -1.87. The van der Waals surface area contributed by atoms with Crippen molar-refractivity contribution >= 4 is 23.0 Å². The predicted molar refractivity (Wildman–Crippen MR) is 113 cm³/mol. The summed E-state index contributed by atoms with van der Waals surface area (Å²) in [6, 6.07) is 17.5. The molecule has 0 aliphatic rings. The van der Waals surface area contributed by atoms with Gasteiger partial charge in [0.25, 0.3) is 0 Å². The summed E-state index contributed by atoms with van der Waals surface area (Å²) in [5, 5.41) is 7.28. The standard InChI is InChI=1S/C22H30N2S/c1-6-16(4)19-7-9-20(10-8-19)17(5)23-22(25)24-21-13-11-18(12-14-21)15(2)3/h7-17H,6H2,1-5H3,(H2,23,24,25). The summed E-state index contributed by atoms with van der Waals surface area (Å²) in [7, 11) is 0. The quantitative estimate of drug-likeness (QED) is 0.589. The summed E-state index contributed by atoms with van der Waals surface area (Å²) in [5.41, 5.74) is 4.98. The number of anilines is 1. The molecule has 0 amide bonds. The van der Waals surface area contributed by atoms with Crippen LogP contribution < -0.4 is 10.6 Å². The predicted octanol–water partition coefficient (Wildman–Crippen LogP) is 6.37. The molecule has 0 radical (unpaired) electrons. The van der Waals surface area contributed by atoms with E-state index >= 15 is 0 Å². The SMILES string of the molecule is CCC(C)c1ccc(C(C)NC(=S)Nc2ccc(C(C)C)cc2)cc1. The molecule has 2 unspecified atom stereocenters. The minimum Gasteiger partial charge on any atom is -0.356 e. The van der Waals surface area contributed by atoms with Crippen LogP contribution in [0.5, 0.6) is 0 Å². The molecule has 2 aromatic rings. The van der Waals surface area contributed by atoms with E-state index in [1.54, 1.807) is 0 Å². The lowest BCUT2D eigenvalue weighted by molar-refractivity contribution is 0.713. The van der Waals surface area contributed by atoms with Crippen LogP contribution >= 0.6 is 12.2 Å². The fourth-order valence-electron chi connectivity index (χ4n) is 2.75. The number of hydrogen-bond donors (Lipinski definition) is 2. The van der Waals surface area contributed by atoms with E-state index in [0.717, 1.165) is 12.1 Å². The van der Waals surface area contributed by atoms with Crippen LogP contribution in [0.15, 0.2) is 48.5 Å². The first-order valence-electron chi connectivity index (χ1n) is 9.18. The van der Waals surface area contributed by atoms with Gasteiger partial charge in [-0.2, -0.15) is 0 Å². The van der Waals surface area contributed by atoms with Gasteiger partial charge in [0.05, 0.1) is 6.04 Å². The maximum atomic E-state index is 5.46. The lowest BCUT2D eigenvalue weighted by Gasteiger charge is -2.18. The van der Waals surface area contributed by atoms with Crippen LogP contribution in [0.25, 0.3) is 0 Å². The Kier molecular flexibility index (Phi) is 7.01. The van der Waals surface area contributed by atoms with Crippen molar-refractivity contribution in [2.24, 2.45) is 0 Å². The zero-order chi connectivity index (χ0) is 18.4. The van der Waals surface area contributed by atoms with Crippen LogP contribution in [0.4, 0.5) is 5.69 Å². The van der Waals surface area contributed by atoms with Crippen molar-refractivity contribution in [3.63, 3.8) is 0 Å². The largest absolute Gasteiger partial charge is 0.356 e. The molecule has 134 valence electrons. The Balaban J connectivity index is 1.93. The maximum Gasteiger partial charge on any atom is 0.171 e. The van der Waals surface area contributed by atoms with Crippen molar-refractivity contribution in [3.8, 4) is 0 Å². The van der Waals surface area contributed by atoms with Crippen molar-refractivity contribution in [2.45, 2.75) is 58.9 Å². The van der Waals surface area contributed by atoms with Gasteiger partial charge in [-0.25, -0.2) is 0 Å². The van der Waals surface area contributed by atoms with Gasteiger partial charge < -0.3 is 10.6 Å². The van der Waals surface area contributed by atoms with Gasteiger partial charge in [0.15, 0.2) is 5.11 Å². The molecular formula is C22H30N2S. The highest BCUT2D eigenvalue weighted by molar-refractivity contribution is 7.80. The first-order valence-corrected chi connectivity index (χ1v) is 9.58. The second kappa shape index (κ2) is 9.00. The topological polar surface area (TPSA) is 24.1 Å². The van der Waals surface area contributed by atoms with E-state index in [1.165, 1.54) is 16.7 Å². The first kappa shape index (κ1) is 19.5. The lowest BCUT2D eigenvalue weighted by Crippen LogP contribution is -2.30. The first-order chi connectivity index (χ1) is 11.9. The van der Waals surface area contributed by atoms with E-state index in [0.29, 0.717) is 16.9 Å². The number of thiocarbonyl (C=S) groups is 1. The lowest BCUT2D eigenvalue weighted by atomic mass is 9.96. The third-order valence-corrected chi connectivity index (χ3v) is 5.02. The molecule has 0 saturated heterocycles. The average molecular weight is 355 g/mol. The molecule has 0 aliphatic carbocycles. The van der Waals surface area contributed by atoms with Crippen LogP contribution in [0.2, 0.25) is 0 Å². The van der Waals surface area contributed by atoms with E-state index in [9.17, 15) is 0 Å². The molecule has 0 heterocycles. The Morgan fingerprint density at radius 1 is 0.840 bits per heavy atom. The Morgan fingerprint density at radius 2 is 1.36 bits per heavy atom. The van der Waals surface area contributed by atoms with E-state index in [-0.39, 0.29) is 6.04 Å². The van der Waals surface area contributed by atoms with Crippen LogP contribution in [0.3, 0.4) is 0 Å². The molecule has 0 fully saturated rings. The van der Waals surface area contributed by atoms with E-state index < -0.39 is 0 Å². The van der Waals surface area contributed by atoms with Gasteiger partial charge in [0, 0.05) is 5.69 Å². The van der Waals surface area contributed by atoms with Crippen LogP contribution in [0.1, 0.15) is 75.6 Å². The van der Waals surface area contributed by atoms with Gasteiger partial charge in [0.2, 0.25) is 0 Å². The fourth-order valence-corrected chi connectivity index (χ4v) is 3.04. The molecule has 2 rings (SSSR count). The normalized spacial score (nSPS) is 13.4. The Morgan fingerprint density at radius 3 is 1.88 bits per heavy atom. The molecule has 2 nitrogen and oxygen atoms in total. The van der Waals surface area contributed by atoms with Gasteiger partial charge in [-0.15, -0.1) is 0 Å². The molecule has 0 aromatic heterocycles.